The average Bonchev–Trinajstić information content (AvgIpc) is 2.38. The highest BCUT2D eigenvalue weighted by atomic mass is 32.2. The molecule has 0 amide bonds. The summed E-state index contributed by atoms with van der Waals surface area (Å²) in [4.78, 5) is 0. The van der Waals surface area contributed by atoms with Gasteiger partial charge in [0.05, 0.1) is 0 Å². The molecule has 2 heterocycles. The zero-order valence-corrected chi connectivity index (χ0v) is 13.5. The number of nitrogens with one attached hydrogen (secondary N) is 1. The maximum atomic E-state index is 12.9. The minimum atomic E-state index is -3.27. The fraction of sp³-hybridized carbons (Fsp3) is 1.00. The van der Waals surface area contributed by atoms with E-state index in [1.54, 1.807) is 8.61 Å². The summed E-state index contributed by atoms with van der Waals surface area (Å²) in [6.07, 6.45) is 8.69. The van der Waals surface area contributed by atoms with Crippen molar-refractivity contribution in [3.63, 3.8) is 0 Å². The Bertz CT molecular complexity index is 376. The predicted molar refractivity (Wildman–Crippen MR) is 81.8 cm³/mol. The highest BCUT2D eigenvalue weighted by molar-refractivity contribution is 7.86. The second-order valence-electron chi connectivity index (χ2n) is 5.99. The Balaban J connectivity index is 2.09. The molecule has 1 atom stereocenters. The summed E-state index contributed by atoms with van der Waals surface area (Å²) in [5, 5.41) is 3.14. The Morgan fingerprint density at radius 1 is 0.950 bits per heavy atom. The van der Waals surface area contributed by atoms with Gasteiger partial charge in [0, 0.05) is 32.2 Å². The minimum absolute atomic E-state index is 0.129. The van der Waals surface area contributed by atoms with E-state index in [4.69, 9.17) is 0 Å². The molecule has 2 saturated heterocycles. The van der Waals surface area contributed by atoms with Crippen LogP contribution in [0.25, 0.3) is 0 Å². The van der Waals surface area contributed by atoms with E-state index in [1.807, 2.05) is 7.05 Å². The Kier molecular flexibility index (Phi) is 6.26. The molecule has 5 nitrogen and oxygen atoms in total. The molecule has 2 fully saturated rings. The molecule has 1 N–H and O–H groups in total. The number of piperidine rings is 1. The van der Waals surface area contributed by atoms with Crippen LogP contribution in [0.4, 0.5) is 0 Å². The van der Waals surface area contributed by atoms with Crippen LogP contribution in [-0.2, 0) is 10.2 Å². The van der Waals surface area contributed by atoms with Gasteiger partial charge in [-0.3, -0.25) is 0 Å². The third kappa shape index (κ3) is 3.93. The molecule has 0 bridgehead atoms. The average molecular weight is 303 g/mol. The molecule has 2 aliphatic heterocycles. The number of rotatable bonds is 4. The molecule has 2 rings (SSSR count). The van der Waals surface area contributed by atoms with E-state index >= 15 is 0 Å². The lowest BCUT2D eigenvalue weighted by molar-refractivity contribution is 0.224. The van der Waals surface area contributed by atoms with Crippen LogP contribution in [0.15, 0.2) is 0 Å². The van der Waals surface area contributed by atoms with Crippen molar-refractivity contribution in [1.82, 2.24) is 13.9 Å². The topological polar surface area (TPSA) is 52.7 Å². The molecule has 0 radical (unpaired) electrons. The Hall–Kier alpha value is -0.170. The highest BCUT2D eigenvalue weighted by Gasteiger charge is 2.35. The summed E-state index contributed by atoms with van der Waals surface area (Å²) >= 11 is 0. The molecule has 6 heteroatoms. The molecule has 0 aliphatic carbocycles. The first-order valence-electron chi connectivity index (χ1n) is 8.08. The first kappa shape index (κ1) is 16.2. The molecule has 0 spiro atoms. The number of hydrogen-bond donors (Lipinski definition) is 1. The first-order valence-corrected chi connectivity index (χ1v) is 9.47. The lowest BCUT2D eigenvalue weighted by atomic mass is 10.1. The van der Waals surface area contributed by atoms with Crippen LogP contribution in [0.3, 0.4) is 0 Å². The molecule has 0 aromatic carbocycles. The number of hydrogen-bond acceptors (Lipinski definition) is 3. The lowest BCUT2D eigenvalue weighted by Crippen LogP contribution is -2.53. The molecule has 1 unspecified atom stereocenters. The number of nitrogens with zero attached hydrogens (tertiary/aromatic N) is 2. The smallest absolute Gasteiger partial charge is 0.282 e. The maximum Gasteiger partial charge on any atom is 0.282 e. The summed E-state index contributed by atoms with van der Waals surface area (Å²) in [7, 11) is -1.37. The predicted octanol–water partition coefficient (Wildman–Crippen LogP) is 1.57. The van der Waals surface area contributed by atoms with Crippen molar-refractivity contribution < 1.29 is 8.42 Å². The molecule has 20 heavy (non-hydrogen) atoms. The van der Waals surface area contributed by atoms with Gasteiger partial charge in [-0.25, -0.2) is 0 Å². The van der Waals surface area contributed by atoms with Crippen molar-refractivity contribution in [1.29, 1.82) is 0 Å². The van der Waals surface area contributed by atoms with Crippen molar-refractivity contribution in [2.75, 3.05) is 33.2 Å². The van der Waals surface area contributed by atoms with Crippen LogP contribution in [-0.4, -0.2) is 56.3 Å². The van der Waals surface area contributed by atoms with Gasteiger partial charge in [-0.05, 0) is 32.7 Å². The van der Waals surface area contributed by atoms with Crippen molar-refractivity contribution in [3.8, 4) is 0 Å². The van der Waals surface area contributed by atoms with Gasteiger partial charge in [-0.2, -0.15) is 17.0 Å². The van der Waals surface area contributed by atoms with Gasteiger partial charge in [0.2, 0.25) is 0 Å². The van der Waals surface area contributed by atoms with Crippen molar-refractivity contribution in [2.24, 2.45) is 0 Å². The summed E-state index contributed by atoms with van der Waals surface area (Å²) in [6.45, 7) is 2.84. The van der Waals surface area contributed by atoms with Crippen molar-refractivity contribution in [3.05, 3.63) is 0 Å². The normalized spacial score (nSPS) is 27.9. The van der Waals surface area contributed by atoms with E-state index in [0.29, 0.717) is 19.6 Å². The second-order valence-corrected chi connectivity index (χ2v) is 7.87. The highest BCUT2D eigenvalue weighted by Crippen LogP contribution is 2.24. The van der Waals surface area contributed by atoms with E-state index in [1.165, 1.54) is 6.42 Å². The number of likely N-dealkylation sites (N-methyl/N-ethyl adjacent to an activating group) is 1. The standard InChI is InChI=1S/C14H29N3O2S/c1-15-13-14-9-5-8-12-17(14)20(18,19)16-10-6-3-2-4-7-11-16/h14-15H,2-13H2,1H3. The van der Waals surface area contributed by atoms with Crippen LogP contribution in [0.5, 0.6) is 0 Å². The van der Waals surface area contributed by atoms with Gasteiger partial charge >= 0.3 is 0 Å². The summed E-state index contributed by atoms with van der Waals surface area (Å²) in [5.41, 5.74) is 0. The van der Waals surface area contributed by atoms with Gasteiger partial charge in [0.1, 0.15) is 0 Å². The molecule has 118 valence electrons. The molecule has 2 aliphatic rings. The van der Waals surface area contributed by atoms with Gasteiger partial charge in [0.15, 0.2) is 0 Å². The quantitative estimate of drug-likeness (QED) is 0.858. The minimum Gasteiger partial charge on any atom is -0.318 e. The van der Waals surface area contributed by atoms with E-state index in [9.17, 15) is 8.42 Å². The summed E-state index contributed by atoms with van der Waals surface area (Å²) in [6, 6.07) is 0.129. The monoisotopic (exact) mass is 303 g/mol. The van der Waals surface area contributed by atoms with Crippen molar-refractivity contribution in [2.45, 2.75) is 57.4 Å². The lowest BCUT2D eigenvalue weighted by Gasteiger charge is -2.38. The molecule has 0 aromatic heterocycles. The first-order chi connectivity index (χ1) is 9.66. The third-order valence-corrected chi connectivity index (χ3v) is 6.54. The Labute approximate surface area is 123 Å². The van der Waals surface area contributed by atoms with Gasteiger partial charge in [0.25, 0.3) is 10.2 Å². The molecular formula is C14H29N3O2S. The van der Waals surface area contributed by atoms with Gasteiger partial charge < -0.3 is 5.32 Å². The van der Waals surface area contributed by atoms with Crippen LogP contribution in [0, 0.1) is 0 Å². The van der Waals surface area contributed by atoms with E-state index in [2.05, 4.69) is 5.32 Å². The van der Waals surface area contributed by atoms with Crippen molar-refractivity contribution >= 4 is 10.2 Å². The zero-order chi connectivity index (χ0) is 14.4. The van der Waals surface area contributed by atoms with Crippen LogP contribution < -0.4 is 5.32 Å². The molecular weight excluding hydrogens is 274 g/mol. The maximum absolute atomic E-state index is 12.9. The summed E-state index contributed by atoms with van der Waals surface area (Å²) < 4.78 is 29.3. The zero-order valence-electron chi connectivity index (χ0n) is 12.7. The third-order valence-electron chi connectivity index (χ3n) is 4.45. The molecule has 0 saturated carbocycles. The molecule has 0 aromatic rings. The van der Waals surface area contributed by atoms with Crippen LogP contribution >= 0.6 is 0 Å². The largest absolute Gasteiger partial charge is 0.318 e. The Morgan fingerprint density at radius 2 is 1.55 bits per heavy atom. The SMILES string of the molecule is CNCC1CCCCN1S(=O)(=O)N1CCCCCCC1. The fourth-order valence-corrected chi connectivity index (χ4v) is 5.25. The second kappa shape index (κ2) is 7.73. The van der Waals surface area contributed by atoms with E-state index in [-0.39, 0.29) is 6.04 Å². The summed E-state index contributed by atoms with van der Waals surface area (Å²) in [5.74, 6) is 0. The van der Waals surface area contributed by atoms with Crippen LogP contribution in [0.2, 0.25) is 0 Å². The fourth-order valence-electron chi connectivity index (χ4n) is 3.31. The van der Waals surface area contributed by atoms with E-state index in [0.717, 1.165) is 51.5 Å². The Morgan fingerprint density at radius 3 is 2.20 bits per heavy atom. The van der Waals surface area contributed by atoms with Gasteiger partial charge in [-0.15, -0.1) is 0 Å². The van der Waals surface area contributed by atoms with Gasteiger partial charge in [-0.1, -0.05) is 25.7 Å². The van der Waals surface area contributed by atoms with E-state index < -0.39 is 10.2 Å². The van der Waals surface area contributed by atoms with Crippen LogP contribution in [0.1, 0.15) is 51.4 Å².